The standard InChI is InChI=1S/C27H45NO2/c1-17(2)7-6-8-18(3)21-9-10-22-25-23(12-14-27(21,22)5)26(4)13-11-20(29)15-19(26)16-24(25)28-30/h16-18,20-25,29H,6-15H2,1-5H3/t18-,20?,21?,22?,23?,24?,25?,26?,27?/m1/s1. The van der Waals surface area contributed by atoms with Gasteiger partial charge in [-0.15, -0.1) is 0 Å². The van der Waals surface area contributed by atoms with Crippen LogP contribution in [-0.2, 0) is 0 Å². The van der Waals surface area contributed by atoms with Crippen molar-refractivity contribution in [3.63, 3.8) is 0 Å². The first-order chi connectivity index (χ1) is 14.2. The second-order valence-corrected chi connectivity index (χ2v) is 12.4. The molecule has 0 spiro atoms. The summed E-state index contributed by atoms with van der Waals surface area (Å²) in [5, 5.41) is 14.0. The van der Waals surface area contributed by atoms with Crippen molar-refractivity contribution in [3.8, 4) is 0 Å². The lowest BCUT2D eigenvalue weighted by molar-refractivity contribution is -0.0631. The van der Waals surface area contributed by atoms with Gasteiger partial charge in [0.25, 0.3) is 0 Å². The summed E-state index contributed by atoms with van der Waals surface area (Å²) in [6.45, 7) is 12.2. The molecule has 3 heteroatoms. The highest BCUT2D eigenvalue weighted by Gasteiger charge is 2.61. The number of hydrogen-bond donors (Lipinski definition) is 1. The van der Waals surface area contributed by atoms with Crippen molar-refractivity contribution in [3.05, 3.63) is 16.6 Å². The molecule has 9 atom stereocenters. The molecule has 3 nitrogen and oxygen atoms in total. The molecule has 3 fully saturated rings. The maximum absolute atomic E-state index is 12.0. The van der Waals surface area contributed by atoms with Crippen LogP contribution in [0.25, 0.3) is 0 Å². The van der Waals surface area contributed by atoms with E-state index in [9.17, 15) is 10.0 Å². The van der Waals surface area contributed by atoms with Crippen LogP contribution in [0.1, 0.15) is 98.8 Å². The molecule has 170 valence electrons. The highest BCUT2D eigenvalue weighted by molar-refractivity contribution is 5.29. The second-order valence-electron chi connectivity index (χ2n) is 12.4. The summed E-state index contributed by atoms with van der Waals surface area (Å²) in [6.07, 6.45) is 13.9. The van der Waals surface area contributed by atoms with Gasteiger partial charge in [-0.1, -0.05) is 70.7 Å². The predicted molar refractivity (Wildman–Crippen MR) is 124 cm³/mol. The zero-order valence-electron chi connectivity index (χ0n) is 20.1. The largest absolute Gasteiger partial charge is 0.393 e. The highest BCUT2D eigenvalue weighted by atomic mass is 16.3. The fourth-order valence-electron chi connectivity index (χ4n) is 8.75. The van der Waals surface area contributed by atoms with E-state index in [1.54, 1.807) is 0 Å². The van der Waals surface area contributed by atoms with Gasteiger partial charge in [-0.05, 0) is 91.3 Å². The Labute approximate surface area is 184 Å². The normalized spacial score (nSPS) is 46.6. The number of hydrogen-bond acceptors (Lipinski definition) is 3. The minimum absolute atomic E-state index is 0.174. The third-order valence-corrected chi connectivity index (χ3v) is 10.4. The monoisotopic (exact) mass is 415 g/mol. The first-order valence-corrected chi connectivity index (χ1v) is 12.9. The third-order valence-electron chi connectivity index (χ3n) is 10.4. The van der Waals surface area contributed by atoms with Gasteiger partial charge in [-0.3, -0.25) is 0 Å². The number of aliphatic hydroxyl groups excluding tert-OH is 1. The van der Waals surface area contributed by atoms with Gasteiger partial charge in [0, 0.05) is 0 Å². The number of fused-ring (bicyclic) bond motifs is 5. The van der Waals surface area contributed by atoms with E-state index in [4.69, 9.17) is 0 Å². The molecule has 0 aromatic heterocycles. The molecule has 8 unspecified atom stereocenters. The molecule has 0 heterocycles. The maximum Gasteiger partial charge on any atom is 0.114 e. The lowest BCUT2D eigenvalue weighted by Crippen LogP contribution is -2.54. The van der Waals surface area contributed by atoms with Gasteiger partial charge in [0.15, 0.2) is 0 Å². The zero-order valence-corrected chi connectivity index (χ0v) is 20.1. The summed E-state index contributed by atoms with van der Waals surface area (Å²) in [5.41, 5.74) is 1.89. The van der Waals surface area contributed by atoms with Crippen LogP contribution in [0.3, 0.4) is 0 Å². The summed E-state index contributed by atoms with van der Waals surface area (Å²) in [4.78, 5) is 12.0. The van der Waals surface area contributed by atoms with Crippen LogP contribution in [0.2, 0.25) is 0 Å². The Hall–Kier alpha value is -0.700. The lowest BCUT2D eigenvalue weighted by Gasteiger charge is -2.59. The molecule has 0 radical (unpaired) electrons. The summed E-state index contributed by atoms with van der Waals surface area (Å²) in [6, 6.07) is -0.178. The van der Waals surface area contributed by atoms with Crippen molar-refractivity contribution in [2.75, 3.05) is 0 Å². The van der Waals surface area contributed by atoms with Crippen molar-refractivity contribution < 1.29 is 5.11 Å². The summed E-state index contributed by atoms with van der Waals surface area (Å²) < 4.78 is 0. The van der Waals surface area contributed by atoms with Gasteiger partial charge < -0.3 is 5.11 Å². The van der Waals surface area contributed by atoms with Crippen LogP contribution < -0.4 is 0 Å². The van der Waals surface area contributed by atoms with Gasteiger partial charge in [-0.2, -0.15) is 4.91 Å². The first-order valence-electron chi connectivity index (χ1n) is 12.9. The molecule has 4 rings (SSSR count). The van der Waals surface area contributed by atoms with E-state index < -0.39 is 0 Å². The first kappa shape index (κ1) is 22.5. The van der Waals surface area contributed by atoms with Gasteiger partial charge in [0.1, 0.15) is 6.04 Å². The zero-order chi connectivity index (χ0) is 21.7. The molecule has 1 N–H and O–H groups in total. The molecule has 4 aliphatic rings. The van der Waals surface area contributed by atoms with E-state index in [-0.39, 0.29) is 17.6 Å². The van der Waals surface area contributed by atoms with Gasteiger partial charge >= 0.3 is 0 Å². The molecule has 4 aliphatic carbocycles. The molecule has 0 aliphatic heterocycles. The molecule has 30 heavy (non-hydrogen) atoms. The van der Waals surface area contributed by atoms with E-state index in [1.165, 1.54) is 50.5 Å². The Kier molecular flexibility index (Phi) is 6.25. The second kappa shape index (κ2) is 8.34. The van der Waals surface area contributed by atoms with E-state index >= 15 is 0 Å². The molecule has 0 aromatic carbocycles. The highest BCUT2D eigenvalue weighted by Crippen LogP contribution is 2.67. The quantitative estimate of drug-likeness (QED) is 0.370. The average molecular weight is 416 g/mol. The summed E-state index contributed by atoms with van der Waals surface area (Å²) in [5.74, 6) is 4.01. The van der Waals surface area contributed by atoms with Crippen molar-refractivity contribution in [2.24, 2.45) is 51.5 Å². The van der Waals surface area contributed by atoms with Gasteiger partial charge in [-0.25, -0.2) is 0 Å². The Morgan fingerprint density at radius 2 is 1.83 bits per heavy atom. The van der Waals surface area contributed by atoms with Crippen molar-refractivity contribution in [2.45, 2.75) is 111 Å². The number of aliphatic hydroxyl groups is 1. The Bertz CT molecular complexity index is 672. The van der Waals surface area contributed by atoms with E-state index in [0.717, 1.165) is 37.0 Å². The maximum atomic E-state index is 12.0. The fourth-order valence-corrected chi connectivity index (χ4v) is 8.75. The van der Waals surface area contributed by atoms with Crippen LogP contribution in [0.15, 0.2) is 16.8 Å². The number of nitrogens with zero attached hydrogens (tertiary/aromatic N) is 1. The Balaban J connectivity index is 1.57. The molecule has 0 aromatic rings. The Morgan fingerprint density at radius 1 is 1.07 bits per heavy atom. The molecule has 3 saturated carbocycles. The van der Waals surface area contributed by atoms with Gasteiger partial charge in [0.05, 0.1) is 6.10 Å². The van der Waals surface area contributed by atoms with Gasteiger partial charge in [0.2, 0.25) is 0 Å². The van der Waals surface area contributed by atoms with Crippen LogP contribution in [0.4, 0.5) is 0 Å². The minimum atomic E-state index is -0.232. The summed E-state index contributed by atoms with van der Waals surface area (Å²) in [7, 11) is 0. The van der Waals surface area contributed by atoms with Crippen LogP contribution in [-0.4, -0.2) is 17.3 Å². The minimum Gasteiger partial charge on any atom is -0.393 e. The van der Waals surface area contributed by atoms with Crippen molar-refractivity contribution >= 4 is 0 Å². The molecular formula is C27H45NO2. The smallest absolute Gasteiger partial charge is 0.114 e. The van der Waals surface area contributed by atoms with Crippen LogP contribution in [0.5, 0.6) is 0 Å². The molecule has 0 bridgehead atoms. The number of rotatable bonds is 6. The molecular weight excluding hydrogens is 370 g/mol. The van der Waals surface area contributed by atoms with Crippen LogP contribution >= 0.6 is 0 Å². The SMILES string of the molecule is CC(C)CCC[C@@H](C)C1CCC2C3C(N=O)C=C4CC(O)CCC4(C)C3CCC21C. The average Bonchev–Trinajstić information content (AvgIpc) is 3.05. The number of nitroso groups, excluding NO2 is 1. The van der Waals surface area contributed by atoms with E-state index in [2.05, 4.69) is 45.9 Å². The van der Waals surface area contributed by atoms with E-state index in [0.29, 0.717) is 23.2 Å². The van der Waals surface area contributed by atoms with Crippen molar-refractivity contribution in [1.82, 2.24) is 0 Å². The lowest BCUT2D eigenvalue weighted by atomic mass is 9.46. The molecule has 0 amide bonds. The Morgan fingerprint density at radius 3 is 2.53 bits per heavy atom. The van der Waals surface area contributed by atoms with E-state index in [1.807, 2.05) is 0 Å². The summed E-state index contributed by atoms with van der Waals surface area (Å²) >= 11 is 0. The van der Waals surface area contributed by atoms with Crippen LogP contribution in [0, 0.1) is 51.2 Å². The van der Waals surface area contributed by atoms with Crippen molar-refractivity contribution in [1.29, 1.82) is 0 Å². The fraction of sp³-hybridized carbons (Fsp3) is 0.926. The third kappa shape index (κ3) is 3.61. The topological polar surface area (TPSA) is 49.7 Å². The molecule has 0 saturated heterocycles. The predicted octanol–water partition coefficient (Wildman–Crippen LogP) is 7.13.